The van der Waals surface area contributed by atoms with Gasteiger partial charge in [-0.1, -0.05) is 37.5 Å². The molecule has 3 aromatic rings. The van der Waals surface area contributed by atoms with Gasteiger partial charge in [-0.2, -0.15) is 13.2 Å². The van der Waals surface area contributed by atoms with E-state index in [1.54, 1.807) is 47.4 Å². The summed E-state index contributed by atoms with van der Waals surface area (Å²) in [5, 5.41) is 12.3. The number of halogens is 3. The van der Waals surface area contributed by atoms with Gasteiger partial charge in [0.1, 0.15) is 0 Å². The third-order valence-corrected chi connectivity index (χ3v) is 8.21. The summed E-state index contributed by atoms with van der Waals surface area (Å²) in [7, 11) is 0. The van der Waals surface area contributed by atoms with Crippen molar-refractivity contribution in [1.29, 1.82) is 0 Å². The van der Waals surface area contributed by atoms with Crippen molar-refractivity contribution in [3.05, 3.63) is 66.1 Å². The van der Waals surface area contributed by atoms with Crippen molar-refractivity contribution in [2.24, 2.45) is 5.41 Å². The summed E-state index contributed by atoms with van der Waals surface area (Å²) in [5.41, 5.74) is -0.415. The topological polar surface area (TPSA) is 116 Å². The van der Waals surface area contributed by atoms with Crippen LogP contribution in [-0.4, -0.2) is 59.0 Å². The minimum absolute atomic E-state index is 0.0190. The van der Waals surface area contributed by atoms with Crippen LogP contribution in [0.5, 0.6) is 0 Å². The smallest absolute Gasteiger partial charge is 0.452 e. The number of nitrogens with one attached hydrogen (secondary N) is 1. The molecule has 1 aliphatic heterocycles. The van der Waals surface area contributed by atoms with E-state index in [9.17, 15) is 32.7 Å². The molecule has 1 aliphatic carbocycles. The van der Waals surface area contributed by atoms with E-state index >= 15 is 0 Å². The van der Waals surface area contributed by atoms with Gasteiger partial charge in [-0.05, 0) is 55.7 Å². The van der Waals surface area contributed by atoms with Crippen molar-refractivity contribution in [3.8, 4) is 11.5 Å². The second-order valence-electron chi connectivity index (χ2n) is 11.1. The number of rotatable bonds is 7. The zero-order chi connectivity index (χ0) is 30.6. The highest BCUT2D eigenvalue weighted by atomic mass is 19.4. The monoisotopic (exact) mass is 598 g/mol. The lowest BCUT2D eigenvalue weighted by molar-refractivity contribution is -0.156. The fraction of sp³-hybridized carbons (Fsp3) is 0.419. The van der Waals surface area contributed by atoms with Gasteiger partial charge in [-0.3, -0.25) is 14.4 Å². The molecule has 0 bridgehead atoms. The molecule has 12 heteroatoms. The average molecular weight is 599 g/mol. The molecule has 2 fully saturated rings. The number of aliphatic carboxylic acids is 1. The number of anilines is 2. The van der Waals surface area contributed by atoms with E-state index < -0.39 is 34.9 Å². The Kier molecular flexibility index (Phi) is 8.74. The Morgan fingerprint density at radius 2 is 1.60 bits per heavy atom. The molecule has 228 valence electrons. The first kappa shape index (κ1) is 30.1. The molecule has 5 rings (SSSR count). The number of aromatic nitrogens is 1. The van der Waals surface area contributed by atoms with E-state index in [0.717, 1.165) is 24.9 Å². The van der Waals surface area contributed by atoms with E-state index in [1.165, 1.54) is 12.1 Å². The maximum absolute atomic E-state index is 13.6. The summed E-state index contributed by atoms with van der Waals surface area (Å²) in [6, 6.07) is 14.7. The van der Waals surface area contributed by atoms with Crippen molar-refractivity contribution in [2.75, 3.05) is 36.4 Å². The first-order valence-electron chi connectivity index (χ1n) is 14.4. The van der Waals surface area contributed by atoms with Crippen LogP contribution in [0.4, 0.5) is 24.5 Å². The van der Waals surface area contributed by atoms with Crippen molar-refractivity contribution in [3.63, 3.8) is 0 Å². The molecule has 9 nitrogen and oxygen atoms in total. The van der Waals surface area contributed by atoms with Crippen LogP contribution in [0.25, 0.3) is 11.5 Å². The van der Waals surface area contributed by atoms with Crippen LogP contribution in [0.1, 0.15) is 61.2 Å². The zero-order valence-corrected chi connectivity index (χ0v) is 23.5. The molecule has 2 aromatic carbocycles. The molecular weight excluding hydrogens is 565 g/mol. The molecule has 1 saturated heterocycles. The van der Waals surface area contributed by atoms with Gasteiger partial charge in [-0.25, -0.2) is 4.98 Å². The maximum Gasteiger partial charge on any atom is 0.452 e. The summed E-state index contributed by atoms with van der Waals surface area (Å²) in [5.74, 6) is -3.85. The van der Waals surface area contributed by atoms with Gasteiger partial charge in [0.15, 0.2) is 5.69 Å². The van der Waals surface area contributed by atoms with Crippen LogP contribution >= 0.6 is 0 Å². The predicted molar refractivity (Wildman–Crippen MR) is 153 cm³/mol. The standard InChI is InChI=1S/C31H33F3N4O5/c32-31(33,34)26-25(36-28(43-26)21-8-3-1-4-9-21)27(40)35-22-10-12-23(13-11-22)37-16-7-17-38(19-18-37)24(39)20-30(29(41)42)14-5-2-6-15-30/h1,3-4,8-13H,2,5-7,14-20H2,(H,35,40)(H,41,42). The van der Waals surface area contributed by atoms with Crippen molar-refractivity contribution in [2.45, 2.75) is 51.1 Å². The first-order chi connectivity index (χ1) is 20.6. The summed E-state index contributed by atoms with van der Waals surface area (Å²) in [6.45, 7) is 2.18. The predicted octanol–water partition coefficient (Wildman–Crippen LogP) is 6.08. The molecule has 1 saturated carbocycles. The van der Waals surface area contributed by atoms with Crippen molar-refractivity contribution < 1.29 is 37.1 Å². The Balaban J connectivity index is 1.22. The van der Waals surface area contributed by atoms with Gasteiger partial charge in [0.25, 0.3) is 5.91 Å². The highest BCUT2D eigenvalue weighted by Gasteiger charge is 2.43. The van der Waals surface area contributed by atoms with E-state index in [1.807, 2.05) is 0 Å². The van der Waals surface area contributed by atoms with Gasteiger partial charge >= 0.3 is 12.1 Å². The number of alkyl halides is 3. The lowest BCUT2D eigenvalue weighted by Crippen LogP contribution is -2.42. The Bertz CT molecular complexity index is 1450. The normalized spacial score (nSPS) is 17.3. The van der Waals surface area contributed by atoms with Crippen LogP contribution < -0.4 is 10.2 Å². The van der Waals surface area contributed by atoms with Crippen LogP contribution in [0, 0.1) is 5.41 Å². The molecule has 2 amide bonds. The average Bonchev–Trinajstić information content (AvgIpc) is 3.32. The fourth-order valence-electron chi connectivity index (χ4n) is 5.84. The zero-order valence-electron chi connectivity index (χ0n) is 23.5. The van der Waals surface area contributed by atoms with E-state index in [0.29, 0.717) is 51.0 Å². The van der Waals surface area contributed by atoms with Gasteiger partial charge in [-0.15, -0.1) is 0 Å². The van der Waals surface area contributed by atoms with Gasteiger partial charge in [0, 0.05) is 49.5 Å². The highest BCUT2D eigenvalue weighted by molar-refractivity contribution is 6.04. The second kappa shape index (κ2) is 12.5. The molecule has 2 aliphatic rings. The molecule has 2 N–H and O–H groups in total. The Labute approximate surface area is 246 Å². The van der Waals surface area contributed by atoms with Crippen LogP contribution in [0.2, 0.25) is 0 Å². The molecule has 0 unspecified atom stereocenters. The van der Waals surface area contributed by atoms with E-state index in [2.05, 4.69) is 15.2 Å². The number of benzene rings is 2. The number of carboxylic acids is 1. The van der Waals surface area contributed by atoms with Crippen LogP contribution in [0.3, 0.4) is 0 Å². The highest BCUT2D eigenvalue weighted by Crippen LogP contribution is 2.40. The summed E-state index contributed by atoms with van der Waals surface area (Å²) >= 11 is 0. The van der Waals surface area contributed by atoms with Crippen molar-refractivity contribution >= 4 is 29.2 Å². The number of nitrogens with zero attached hydrogens (tertiary/aromatic N) is 3. The number of carbonyl (C=O) groups is 3. The third-order valence-electron chi connectivity index (χ3n) is 8.21. The molecule has 2 heterocycles. The number of hydrogen-bond acceptors (Lipinski definition) is 6. The summed E-state index contributed by atoms with van der Waals surface area (Å²) in [6.07, 6.45) is -0.511. The van der Waals surface area contributed by atoms with Gasteiger partial charge < -0.3 is 24.6 Å². The van der Waals surface area contributed by atoms with E-state index in [4.69, 9.17) is 4.42 Å². The number of hydrogen-bond donors (Lipinski definition) is 2. The number of amides is 2. The fourth-order valence-corrected chi connectivity index (χ4v) is 5.84. The minimum atomic E-state index is -4.91. The summed E-state index contributed by atoms with van der Waals surface area (Å²) in [4.78, 5) is 45.7. The number of carboxylic acid groups (broad SMARTS) is 1. The van der Waals surface area contributed by atoms with Crippen LogP contribution in [0.15, 0.2) is 59.0 Å². The first-order valence-corrected chi connectivity index (χ1v) is 14.4. The van der Waals surface area contributed by atoms with Crippen LogP contribution in [-0.2, 0) is 15.8 Å². The molecule has 1 aromatic heterocycles. The number of oxazole rings is 1. The SMILES string of the molecule is O=C(Nc1ccc(N2CCCN(C(=O)CC3(C(=O)O)CCCCC3)CC2)cc1)c1nc(-c2ccccc2)oc1C(F)(F)F. The Morgan fingerprint density at radius 1 is 0.907 bits per heavy atom. The quantitative estimate of drug-likeness (QED) is 0.339. The molecule has 0 atom stereocenters. The van der Waals surface area contributed by atoms with E-state index in [-0.39, 0.29) is 23.9 Å². The van der Waals surface area contributed by atoms with Crippen molar-refractivity contribution in [1.82, 2.24) is 9.88 Å². The van der Waals surface area contributed by atoms with Gasteiger partial charge in [0.05, 0.1) is 5.41 Å². The lowest BCUT2D eigenvalue weighted by Gasteiger charge is -2.34. The lowest BCUT2D eigenvalue weighted by atomic mass is 9.71. The largest absolute Gasteiger partial charge is 0.481 e. The molecule has 0 spiro atoms. The van der Waals surface area contributed by atoms with Gasteiger partial charge in [0.2, 0.25) is 17.6 Å². The maximum atomic E-state index is 13.6. The third kappa shape index (κ3) is 6.84. The number of carbonyl (C=O) groups excluding carboxylic acids is 2. The second-order valence-corrected chi connectivity index (χ2v) is 11.1. The molecule has 0 radical (unpaired) electrons. The molecular formula is C31H33F3N4O5. The minimum Gasteiger partial charge on any atom is -0.481 e. The Hall–Kier alpha value is -4.35. The summed E-state index contributed by atoms with van der Waals surface area (Å²) < 4.78 is 45.9. The molecule has 43 heavy (non-hydrogen) atoms. The Morgan fingerprint density at radius 3 is 2.26 bits per heavy atom.